The first kappa shape index (κ1) is 23.3. The molecule has 6 nitrogen and oxygen atoms in total. The van der Waals surface area contributed by atoms with Gasteiger partial charge in [-0.2, -0.15) is 13.2 Å². The van der Waals surface area contributed by atoms with Gasteiger partial charge in [0, 0.05) is 5.56 Å². The van der Waals surface area contributed by atoms with E-state index in [1.54, 1.807) is 43.3 Å². The van der Waals surface area contributed by atoms with E-state index in [0.29, 0.717) is 17.0 Å². The van der Waals surface area contributed by atoms with Crippen molar-refractivity contribution in [1.29, 1.82) is 0 Å². The Morgan fingerprint density at radius 1 is 1.06 bits per heavy atom. The first-order valence-electron chi connectivity index (χ1n) is 9.29. The fourth-order valence-corrected chi connectivity index (χ4v) is 3.17. The van der Waals surface area contributed by atoms with E-state index in [4.69, 9.17) is 9.57 Å². The molecule has 166 valence electrons. The number of benzene rings is 2. The Hall–Kier alpha value is -3.40. The van der Waals surface area contributed by atoms with E-state index in [2.05, 4.69) is 15.1 Å². The van der Waals surface area contributed by atoms with Gasteiger partial charge in [-0.3, -0.25) is 0 Å². The molecule has 0 spiro atoms. The zero-order valence-electron chi connectivity index (χ0n) is 17.1. The largest absolute Gasteiger partial charge is 0.497 e. The lowest BCUT2D eigenvalue weighted by Gasteiger charge is -2.10. The highest BCUT2D eigenvalue weighted by Crippen LogP contribution is 2.32. The van der Waals surface area contributed by atoms with E-state index in [0.717, 1.165) is 23.4 Å². The Morgan fingerprint density at radius 2 is 1.75 bits per heavy atom. The van der Waals surface area contributed by atoms with Crippen LogP contribution in [0, 0.1) is 0 Å². The molecule has 0 radical (unpaired) electrons. The van der Waals surface area contributed by atoms with Crippen molar-refractivity contribution in [3.05, 3.63) is 71.9 Å². The molecule has 0 atom stereocenters. The molecule has 3 rings (SSSR count). The number of hydrogen-bond acceptors (Lipinski definition) is 7. The third-order valence-corrected chi connectivity index (χ3v) is 5.00. The Morgan fingerprint density at radius 3 is 2.38 bits per heavy atom. The maximum atomic E-state index is 13.3. The molecule has 1 heterocycles. The molecule has 0 bridgehead atoms. The van der Waals surface area contributed by atoms with Gasteiger partial charge in [-0.1, -0.05) is 47.2 Å². The molecular weight excluding hydrogens is 443 g/mol. The summed E-state index contributed by atoms with van der Waals surface area (Å²) in [6.45, 7) is 1.67. The molecule has 0 saturated carbocycles. The number of hydrogen-bond donors (Lipinski definition) is 0. The van der Waals surface area contributed by atoms with E-state index in [1.807, 2.05) is 18.2 Å². The third kappa shape index (κ3) is 6.30. The molecule has 0 aliphatic carbocycles. The fraction of sp³-hybridized carbons (Fsp3) is 0.182. The summed E-state index contributed by atoms with van der Waals surface area (Å²) in [5.41, 5.74) is 0.682. The lowest BCUT2D eigenvalue weighted by atomic mass is 10.1. The number of ether oxygens (including phenoxy) is 1. The highest BCUT2D eigenvalue weighted by atomic mass is 32.2. The van der Waals surface area contributed by atoms with Crippen LogP contribution in [0.5, 0.6) is 5.75 Å². The number of oxime groups is 1. The van der Waals surface area contributed by atoms with E-state index in [-0.39, 0.29) is 16.6 Å². The van der Waals surface area contributed by atoms with Crippen LogP contribution in [-0.4, -0.2) is 34.5 Å². The molecule has 0 aliphatic heterocycles. The number of carbonyl (C=O) groups is 1. The molecule has 0 aliphatic rings. The minimum Gasteiger partial charge on any atom is -0.497 e. The Kier molecular flexibility index (Phi) is 7.47. The van der Waals surface area contributed by atoms with E-state index < -0.39 is 17.8 Å². The van der Waals surface area contributed by atoms with Crippen LogP contribution in [0.4, 0.5) is 13.2 Å². The summed E-state index contributed by atoms with van der Waals surface area (Å²) in [5.74, 6) is -0.491. The molecule has 32 heavy (non-hydrogen) atoms. The van der Waals surface area contributed by atoms with E-state index in [1.165, 1.54) is 7.11 Å². The van der Waals surface area contributed by atoms with Crippen LogP contribution in [0.15, 0.2) is 71.0 Å². The summed E-state index contributed by atoms with van der Waals surface area (Å²) in [5, 5.41) is 3.56. The molecule has 0 amide bonds. The first-order valence-corrected chi connectivity index (χ1v) is 10.3. The van der Waals surface area contributed by atoms with Gasteiger partial charge in [0.1, 0.15) is 17.2 Å². The van der Waals surface area contributed by atoms with Crippen LogP contribution < -0.4 is 4.74 Å². The highest BCUT2D eigenvalue weighted by molar-refractivity contribution is 7.99. The minimum absolute atomic E-state index is 0.0730. The summed E-state index contributed by atoms with van der Waals surface area (Å²) >= 11 is 0.732. The molecule has 0 N–H and O–H groups in total. The van der Waals surface area contributed by atoms with Gasteiger partial charge in [-0.15, -0.1) is 0 Å². The topological polar surface area (TPSA) is 73.7 Å². The predicted octanol–water partition coefficient (Wildman–Crippen LogP) is 5.23. The Labute approximate surface area is 186 Å². The number of alkyl halides is 3. The van der Waals surface area contributed by atoms with Crippen molar-refractivity contribution in [3.63, 3.8) is 0 Å². The molecule has 3 aromatic rings. The predicted molar refractivity (Wildman–Crippen MR) is 114 cm³/mol. The molecular formula is C22H18F3N3O3S. The van der Waals surface area contributed by atoms with Crippen LogP contribution in [0.3, 0.4) is 0 Å². The van der Waals surface area contributed by atoms with Crippen molar-refractivity contribution in [2.45, 2.75) is 18.3 Å². The standard InChI is InChI=1S/C22H18F3N3O3S/c1-14(15-6-4-3-5-7-15)28-31-20(29)13-32-21-26-18(12-19(27-21)22(23,24)25)16-8-10-17(30-2)11-9-16/h3-12H,13H2,1-2H3. The molecule has 1 aromatic heterocycles. The van der Waals surface area contributed by atoms with Gasteiger partial charge >= 0.3 is 12.1 Å². The number of nitrogens with zero attached hydrogens (tertiary/aromatic N) is 3. The van der Waals surface area contributed by atoms with Gasteiger partial charge in [-0.25, -0.2) is 14.8 Å². The lowest BCUT2D eigenvalue weighted by Crippen LogP contribution is -2.11. The maximum Gasteiger partial charge on any atom is 0.433 e. The van der Waals surface area contributed by atoms with Gasteiger partial charge in [0.25, 0.3) is 0 Å². The summed E-state index contributed by atoms with van der Waals surface area (Å²) in [4.78, 5) is 24.6. The van der Waals surface area contributed by atoms with Gasteiger partial charge in [-0.05, 0) is 42.8 Å². The average Bonchev–Trinajstić information content (AvgIpc) is 2.81. The zero-order chi connectivity index (χ0) is 23.1. The number of aromatic nitrogens is 2. The third-order valence-electron chi connectivity index (χ3n) is 4.18. The molecule has 10 heteroatoms. The van der Waals surface area contributed by atoms with Crippen LogP contribution in [-0.2, 0) is 15.8 Å². The number of thioether (sulfide) groups is 1. The molecule has 2 aromatic carbocycles. The Balaban J connectivity index is 1.74. The fourth-order valence-electron chi connectivity index (χ4n) is 2.55. The number of halogens is 3. The van der Waals surface area contributed by atoms with Crippen LogP contribution >= 0.6 is 11.8 Å². The SMILES string of the molecule is COc1ccc(-c2cc(C(F)(F)F)nc(SCC(=O)ON=C(C)c3ccccc3)n2)cc1. The smallest absolute Gasteiger partial charge is 0.433 e. The highest BCUT2D eigenvalue weighted by Gasteiger charge is 2.34. The van der Waals surface area contributed by atoms with Crippen molar-refractivity contribution in [1.82, 2.24) is 9.97 Å². The molecule has 0 saturated heterocycles. The second-order valence-corrected chi connectivity index (χ2v) is 7.38. The zero-order valence-corrected chi connectivity index (χ0v) is 17.9. The summed E-state index contributed by atoms with van der Waals surface area (Å²) < 4.78 is 45.0. The van der Waals surface area contributed by atoms with Crippen LogP contribution in [0.1, 0.15) is 18.2 Å². The quantitative estimate of drug-likeness (QED) is 0.158. The van der Waals surface area contributed by atoms with E-state index >= 15 is 0 Å². The van der Waals surface area contributed by atoms with Crippen LogP contribution in [0.25, 0.3) is 11.3 Å². The van der Waals surface area contributed by atoms with Crippen molar-refractivity contribution in [2.24, 2.45) is 5.16 Å². The monoisotopic (exact) mass is 461 g/mol. The van der Waals surface area contributed by atoms with Gasteiger partial charge in [0.2, 0.25) is 0 Å². The molecule has 0 fully saturated rings. The summed E-state index contributed by atoms with van der Waals surface area (Å²) in [6, 6.07) is 16.3. The Bertz CT molecular complexity index is 1100. The number of carbonyl (C=O) groups excluding carboxylic acids is 1. The van der Waals surface area contributed by atoms with Gasteiger partial charge in [0.05, 0.1) is 18.5 Å². The van der Waals surface area contributed by atoms with Gasteiger partial charge < -0.3 is 9.57 Å². The normalized spacial score (nSPS) is 11.8. The molecule has 0 unspecified atom stereocenters. The number of methoxy groups -OCH3 is 1. The number of rotatable bonds is 7. The lowest BCUT2D eigenvalue weighted by molar-refractivity contribution is -0.141. The van der Waals surface area contributed by atoms with E-state index in [9.17, 15) is 18.0 Å². The van der Waals surface area contributed by atoms with Crippen LogP contribution in [0.2, 0.25) is 0 Å². The van der Waals surface area contributed by atoms with Crippen molar-refractivity contribution in [2.75, 3.05) is 12.9 Å². The second kappa shape index (κ2) is 10.3. The summed E-state index contributed by atoms with van der Waals surface area (Å²) in [6.07, 6.45) is -4.67. The second-order valence-electron chi connectivity index (χ2n) is 6.44. The van der Waals surface area contributed by atoms with Crippen molar-refractivity contribution >= 4 is 23.4 Å². The van der Waals surface area contributed by atoms with Crippen molar-refractivity contribution < 1.29 is 27.5 Å². The summed E-state index contributed by atoms with van der Waals surface area (Å²) in [7, 11) is 1.49. The average molecular weight is 461 g/mol. The minimum atomic E-state index is -4.67. The maximum absolute atomic E-state index is 13.3. The first-order chi connectivity index (χ1) is 15.3. The van der Waals surface area contributed by atoms with Gasteiger partial charge in [0.15, 0.2) is 5.16 Å². The van der Waals surface area contributed by atoms with Crippen molar-refractivity contribution in [3.8, 4) is 17.0 Å².